The number of methoxy groups -OCH3 is 1. The Bertz CT molecular complexity index is 540. The van der Waals surface area contributed by atoms with Gasteiger partial charge < -0.3 is 4.74 Å². The number of carbonyl (C=O) groups is 1. The standard InChI is InChI=1S/C11H19N3O4S2/c1-8(2)7-9-12-13-11(19-9)14-20(16,17)6-4-5-10(15)18-3/h8H,4-7H2,1-3H3,(H,13,14). The fourth-order valence-corrected chi connectivity index (χ4v) is 3.70. The Morgan fingerprint density at radius 1 is 1.40 bits per heavy atom. The lowest BCUT2D eigenvalue weighted by atomic mass is 10.1. The Labute approximate surface area is 122 Å². The highest BCUT2D eigenvalue weighted by molar-refractivity contribution is 7.92. The average molecular weight is 321 g/mol. The van der Waals surface area contributed by atoms with Crippen molar-refractivity contribution < 1.29 is 17.9 Å². The summed E-state index contributed by atoms with van der Waals surface area (Å²) in [6, 6.07) is 0. The molecule has 0 aromatic carbocycles. The summed E-state index contributed by atoms with van der Waals surface area (Å²) in [5, 5.41) is 8.79. The molecule has 0 unspecified atom stereocenters. The van der Waals surface area contributed by atoms with Gasteiger partial charge in [-0.25, -0.2) is 8.42 Å². The van der Waals surface area contributed by atoms with E-state index in [4.69, 9.17) is 0 Å². The monoisotopic (exact) mass is 321 g/mol. The molecule has 0 fully saturated rings. The van der Waals surface area contributed by atoms with Gasteiger partial charge in [-0.05, 0) is 12.3 Å². The van der Waals surface area contributed by atoms with Crippen LogP contribution < -0.4 is 4.72 Å². The molecule has 1 heterocycles. The zero-order valence-corrected chi connectivity index (χ0v) is 13.4. The molecule has 9 heteroatoms. The van der Waals surface area contributed by atoms with Crippen LogP contribution >= 0.6 is 11.3 Å². The van der Waals surface area contributed by atoms with E-state index in [1.165, 1.54) is 18.4 Å². The van der Waals surface area contributed by atoms with Gasteiger partial charge in [0.2, 0.25) is 15.2 Å². The van der Waals surface area contributed by atoms with Crippen molar-refractivity contribution in [3.8, 4) is 0 Å². The fourth-order valence-electron chi connectivity index (χ4n) is 1.42. The van der Waals surface area contributed by atoms with Gasteiger partial charge >= 0.3 is 5.97 Å². The molecule has 0 radical (unpaired) electrons. The number of hydrogen-bond donors (Lipinski definition) is 1. The first-order valence-electron chi connectivity index (χ1n) is 6.22. The molecule has 1 rings (SSSR count). The molecule has 0 spiro atoms. The molecule has 0 aliphatic rings. The van der Waals surface area contributed by atoms with Crippen molar-refractivity contribution in [3.63, 3.8) is 0 Å². The van der Waals surface area contributed by atoms with E-state index in [-0.39, 0.29) is 23.7 Å². The molecular formula is C11H19N3O4S2. The van der Waals surface area contributed by atoms with Crippen molar-refractivity contribution in [1.29, 1.82) is 0 Å². The molecule has 1 aromatic heterocycles. The van der Waals surface area contributed by atoms with Crippen LogP contribution in [0.2, 0.25) is 0 Å². The minimum atomic E-state index is -3.50. The Kier molecular flexibility index (Phi) is 6.34. The van der Waals surface area contributed by atoms with E-state index < -0.39 is 16.0 Å². The van der Waals surface area contributed by atoms with E-state index in [0.29, 0.717) is 5.92 Å². The van der Waals surface area contributed by atoms with E-state index in [9.17, 15) is 13.2 Å². The largest absolute Gasteiger partial charge is 0.469 e. The number of esters is 1. The lowest BCUT2D eigenvalue weighted by Crippen LogP contribution is -2.17. The molecule has 1 aromatic rings. The number of hydrogen-bond acceptors (Lipinski definition) is 7. The molecule has 114 valence electrons. The van der Waals surface area contributed by atoms with Crippen molar-refractivity contribution in [1.82, 2.24) is 10.2 Å². The highest BCUT2D eigenvalue weighted by atomic mass is 32.2. The number of sulfonamides is 1. The Hall–Kier alpha value is -1.22. The molecule has 0 saturated carbocycles. The number of nitrogens with zero attached hydrogens (tertiary/aromatic N) is 2. The Morgan fingerprint density at radius 3 is 2.70 bits per heavy atom. The van der Waals surface area contributed by atoms with Crippen LogP contribution in [0.4, 0.5) is 5.13 Å². The maximum absolute atomic E-state index is 11.8. The van der Waals surface area contributed by atoms with Crippen LogP contribution in [-0.2, 0) is 26.0 Å². The summed E-state index contributed by atoms with van der Waals surface area (Å²) >= 11 is 1.23. The van der Waals surface area contributed by atoms with E-state index >= 15 is 0 Å². The van der Waals surface area contributed by atoms with Crippen LogP contribution in [0.3, 0.4) is 0 Å². The predicted molar refractivity (Wildman–Crippen MR) is 77.1 cm³/mol. The Balaban J connectivity index is 2.49. The number of aromatic nitrogens is 2. The fraction of sp³-hybridized carbons (Fsp3) is 0.727. The highest BCUT2D eigenvalue weighted by Crippen LogP contribution is 2.19. The molecule has 20 heavy (non-hydrogen) atoms. The zero-order valence-electron chi connectivity index (χ0n) is 11.7. The summed E-state index contributed by atoms with van der Waals surface area (Å²) < 4.78 is 30.4. The third-order valence-electron chi connectivity index (χ3n) is 2.31. The van der Waals surface area contributed by atoms with E-state index in [1.807, 2.05) is 0 Å². The third kappa shape index (κ3) is 6.29. The summed E-state index contributed by atoms with van der Waals surface area (Å²) in [4.78, 5) is 10.9. The van der Waals surface area contributed by atoms with Crippen LogP contribution in [0.5, 0.6) is 0 Å². The van der Waals surface area contributed by atoms with E-state index in [0.717, 1.165) is 11.4 Å². The number of nitrogens with one attached hydrogen (secondary N) is 1. The van der Waals surface area contributed by atoms with Gasteiger partial charge in [-0.3, -0.25) is 9.52 Å². The third-order valence-corrected chi connectivity index (χ3v) is 4.63. The van der Waals surface area contributed by atoms with Crippen molar-refractivity contribution >= 4 is 32.5 Å². The van der Waals surface area contributed by atoms with Gasteiger partial charge in [0.25, 0.3) is 0 Å². The molecular weight excluding hydrogens is 302 g/mol. The molecule has 7 nitrogen and oxygen atoms in total. The lowest BCUT2D eigenvalue weighted by Gasteiger charge is -2.03. The first kappa shape index (κ1) is 16.8. The maximum Gasteiger partial charge on any atom is 0.305 e. The van der Waals surface area contributed by atoms with E-state index in [2.05, 4.69) is 33.5 Å². The molecule has 0 amide bonds. The van der Waals surface area contributed by atoms with Crippen molar-refractivity contribution in [2.45, 2.75) is 33.1 Å². The smallest absolute Gasteiger partial charge is 0.305 e. The van der Waals surface area contributed by atoms with Crippen LogP contribution in [-0.4, -0.2) is 37.4 Å². The van der Waals surface area contributed by atoms with Gasteiger partial charge in [-0.2, -0.15) is 0 Å². The first-order valence-corrected chi connectivity index (χ1v) is 8.69. The Morgan fingerprint density at radius 2 is 2.10 bits per heavy atom. The topological polar surface area (TPSA) is 98.2 Å². The normalized spacial score (nSPS) is 11.6. The minimum absolute atomic E-state index is 0.0755. The first-order chi connectivity index (χ1) is 9.32. The predicted octanol–water partition coefficient (Wildman–Crippen LogP) is 1.43. The van der Waals surface area contributed by atoms with Crippen LogP contribution in [0, 0.1) is 5.92 Å². The van der Waals surface area contributed by atoms with Gasteiger partial charge in [-0.15, -0.1) is 10.2 Å². The quantitative estimate of drug-likeness (QED) is 0.727. The van der Waals surface area contributed by atoms with Gasteiger partial charge in [0, 0.05) is 12.8 Å². The SMILES string of the molecule is COC(=O)CCCS(=O)(=O)Nc1nnc(CC(C)C)s1. The summed E-state index contributed by atoms with van der Waals surface area (Å²) in [7, 11) is -2.23. The van der Waals surface area contributed by atoms with Gasteiger partial charge in [0.05, 0.1) is 12.9 Å². The van der Waals surface area contributed by atoms with Crippen LogP contribution in [0.1, 0.15) is 31.7 Å². The van der Waals surface area contributed by atoms with E-state index in [1.54, 1.807) is 0 Å². The summed E-state index contributed by atoms with van der Waals surface area (Å²) in [6.07, 6.45) is 1.05. The van der Waals surface area contributed by atoms with Gasteiger partial charge in [-0.1, -0.05) is 25.2 Å². The number of rotatable bonds is 8. The second kappa shape index (κ2) is 7.53. The van der Waals surface area contributed by atoms with Crippen LogP contribution in [0.15, 0.2) is 0 Å². The number of ether oxygens (including phenoxy) is 1. The second-order valence-electron chi connectivity index (χ2n) is 4.70. The molecule has 0 aliphatic carbocycles. The van der Waals surface area contributed by atoms with Gasteiger partial charge in [0.1, 0.15) is 5.01 Å². The number of anilines is 1. The molecule has 0 aliphatic heterocycles. The molecule has 1 N–H and O–H groups in total. The lowest BCUT2D eigenvalue weighted by molar-refractivity contribution is -0.140. The number of carbonyl (C=O) groups excluding carboxylic acids is 1. The van der Waals surface area contributed by atoms with Gasteiger partial charge in [0.15, 0.2) is 0 Å². The van der Waals surface area contributed by atoms with Crippen molar-refractivity contribution in [2.75, 3.05) is 17.6 Å². The summed E-state index contributed by atoms with van der Waals surface area (Å²) in [6.45, 7) is 4.11. The zero-order chi connectivity index (χ0) is 15.2. The average Bonchev–Trinajstić information content (AvgIpc) is 2.74. The minimum Gasteiger partial charge on any atom is -0.469 e. The van der Waals surface area contributed by atoms with Crippen molar-refractivity contribution in [2.24, 2.45) is 5.92 Å². The molecule has 0 bridgehead atoms. The second-order valence-corrected chi connectivity index (χ2v) is 7.60. The molecule has 0 saturated heterocycles. The summed E-state index contributed by atoms with van der Waals surface area (Å²) in [5.41, 5.74) is 0. The summed E-state index contributed by atoms with van der Waals surface area (Å²) in [5.74, 6) is -0.135. The molecule has 0 atom stereocenters. The highest BCUT2D eigenvalue weighted by Gasteiger charge is 2.15. The van der Waals surface area contributed by atoms with Crippen LogP contribution in [0.25, 0.3) is 0 Å². The maximum atomic E-state index is 11.8. The van der Waals surface area contributed by atoms with Crippen molar-refractivity contribution in [3.05, 3.63) is 5.01 Å².